The molecule has 0 aromatic carbocycles. The highest BCUT2D eigenvalue weighted by Crippen LogP contribution is 2.09. The first kappa shape index (κ1) is 18.2. The van der Waals surface area contributed by atoms with Gasteiger partial charge in [-0.2, -0.15) is 0 Å². The average Bonchev–Trinajstić information content (AvgIpc) is 3.19. The maximum Gasteiger partial charge on any atom is 0.434 e. The maximum atomic E-state index is 10.5. The second-order valence-electron chi connectivity index (χ2n) is 4.55. The number of hydrogen-bond acceptors (Lipinski definition) is 7. The summed E-state index contributed by atoms with van der Waals surface area (Å²) in [6.07, 6.45) is 9.91. The van der Waals surface area contributed by atoms with Crippen LogP contribution in [-0.2, 0) is 6.54 Å². The van der Waals surface area contributed by atoms with Crippen molar-refractivity contribution in [2.24, 2.45) is 5.73 Å². The van der Waals surface area contributed by atoms with Gasteiger partial charge in [0.15, 0.2) is 0 Å². The molecule has 0 aliphatic carbocycles. The summed E-state index contributed by atoms with van der Waals surface area (Å²) in [5.74, 6) is -0.293. The summed E-state index contributed by atoms with van der Waals surface area (Å²) < 4.78 is 1.57. The van der Waals surface area contributed by atoms with Crippen molar-refractivity contribution < 1.29 is 9.85 Å². The van der Waals surface area contributed by atoms with Crippen molar-refractivity contribution in [3.8, 4) is 0 Å². The van der Waals surface area contributed by atoms with Gasteiger partial charge in [-0.1, -0.05) is 22.8 Å². The highest BCUT2D eigenvalue weighted by atomic mass is 16.6. The number of imidazole rings is 2. The summed E-state index contributed by atoms with van der Waals surface area (Å²) >= 11 is 0. The van der Waals surface area contributed by atoms with Crippen LogP contribution in [0.2, 0.25) is 0 Å². The Hall–Kier alpha value is -2.82. The second kappa shape index (κ2) is 10.00. The number of rotatable bonds is 8. The van der Waals surface area contributed by atoms with Crippen molar-refractivity contribution in [2.45, 2.75) is 32.2 Å². The van der Waals surface area contributed by atoms with E-state index in [-0.39, 0.29) is 11.9 Å². The van der Waals surface area contributed by atoms with Gasteiger partial charge in [0, 0.05) is 0 Å². The van der Waals surface area contributed by atoms with Crippen molar-refractivity contribution in [2.75, 3.05) is 6.54 Å². The minimum absolute atomic E-state index is 0.0752. The fraction of sp³-hybridized carbons (Fsp3) is 0.500. The monoisotopic (exact) mass is 325 g/mol. The lowest BCUT2D eigenvalue weighted by molar-refractivity contribution is -0.396. The van der Waals surface area contributed by atoms with E-state index in [1.165, 1.54) is 18.6 Å². The van der Waals surface area contributed by atoms with E-state index >= 15 is 0 Å². The van der Waals surface area contributed by atoms with Crippen LogP contribution in [0.3, 0.4) is 0 Å². The molecule has 0 bridgehead atoms. The molecular weight excluding hydrogens is 306 g/mol. The fourth-order valence-corrected chi connectivity index (χ4v) is 1.78. The molecule has 0 radical (unpaired) electrons. The van der Waals surface area contributed by atoms with Crippen molar-refractivity contribution in [3.05, 3.63) is 45.0 Å². The van der Waals surface area contributed by atoms with Gasteiger partial charge in [0.1, 0.15) is 18.6 Å². The third-order valence-electron chi connectivity index (χ3n) is 2.87. The summed E-state index contributed by atoms with van der Waals surface area (Å²) in [6.45, 7) is 1.37. The van der Waals surface area contributed by atoms with Gasteiger partial charge >= 0.3 is 11.9 Å². The standard InChI is InChI=1S/C9H16N4O2.C3H3N3O2/c10-5-3-1-2-4-7-12-8-6-11-9(12)13(14)15;7-6(8)3-4-1-2-5-3/h6,8H,1-5,7,10H2;1-2H,(H,4,5). The molecular formula is C12H19N7O4. The van der Waals surface area contributed by atoms with Crippen LogP contribution in [0, 0.1) is 20.2 Å². The van der Waals surface area contributed by atoms with E-state index < -0.39 is 9.85 Å². The minimum Gasteiger partial charge on any atom is -0.390 e. The van der Waals surface area contributed by atoms with E-state index in [9.17, 15) is 20.2 Å². The molecule has 0 aliphatic heterocycles. The molecule has 0 fully saturated rings. The molecule has 0 unspecified atom stereocenters. The van der Waals surface area contributed by atoms with Gasteiger partial charge in [-0.25, -0.2) is 9.55 Å². The number of unbranched alkanes of at least 4 members (excludes halogenated alkanes) is 3. The molecule has 2 heterocycles. The van der Waals surface area contributed by atoms with E-state index in [0.29, 0.717) is 13.1 Å². The highest BCUT2D eigenvalue weighted by Gasteiger charge is 2.12. The molecule has 23 heavy (non-hydrogen) atoms. The summed E-state index contributed by atoms with van der Waals surface area (Å²) in [7, 11) is 0. The molecule has 0 saturated carbocycles. The molecule has 3 N–H and O–H groups in total. The summed E-state index contributed by atoms with van der Waals surface area (Å²) in [6, 6.07) is 0. The van der Waals surface area contributed by atoms with Crippen LogP contribution in [0.4, 0.5) is 11.9 Å². The Morgan fingerprint density at radius 1 is 1.09 bits per heavy atom. The smallest absolute Gasteiger partial charge is 0.390 e. The van der Waals surface area contributed by atoms with E-state index in [4.69, 9.17) is 5.73 Å². The lowest BCUT2D eigenvalue weighted by atomic mass is 10.2. The largest absolute Gasteiger partial charge is 0.434 e. The van der Waals surface area contributed by atoms with Gasteiger partial charge in [0.25, 0.3) is 0 Å². The van der Waals surface area contributed by atoms with E-state index in [1.54, 1.807) is 10.8 Å². The highest BCUT2D eigenvalue weighted by molar-refractivity contribution is 5.06. The Balaban J connectivity index is 0.000000277. The van der Waals surface area contributed by atoms with E-state index in [2.05, 4.69) is 15.0 Å². The second-order valence-corrected chi connectivity index (χ2v) is 4.55. The molecule has 126 valence electrons. The molecule has 0 spiro atoms. The maximum absolute atomic E-state index is 10.5. The van der Waals surface area contributed by atoms with Crippen molar-refractivity contribution in [3.63, 3.8) is 0 Å². The summed E-state index contributed by atoms with van der Waals surface area (Å²) in [4.78, 5) is 28.6. The summed E-state index contributed by atoms with van der Waals surface area (Å²) in [5.41, 5.74) is 5.36. The molecule has 0 atom stereocenters. The first-order chi connectivity index (χ1) is 11.1. The summed E-state index contributed by atoms with van der Waals surface area (Å²) in [5, 5.41) is 20.3. The quantitative estimate of drug-likeness (QED) is 0.423. The van der Waals surface area contributed by atoms with Crippen LogP contribution in [0.1, 0.15) is 25.7 Å². The first-order valence-corrected chi connectivity index (χ1v) is 7.05. The van der Waals surface area contributed by atoms with E-state index in [0.717, 1.165) is 25.7 Å². The van der Waals surface area contributed by atoms with Crippen LogP contribution in [0.15, 0.2) is 24.8 Å². The molecule has 11 heteroatoms. The predicted octanol–water partition coefficient (Wildman–Crippen LogP) is 1.63. The zero-order valence-corrected chi connectivity index (χ0v) is 12.5. The Bertz CT molecular complexity index is 596. The third-order valence-corrected chi connectivity index (χ3v) is 2.87. The molecule has 0 amide bonds. The van der Waals surface area contributed by atoms with Gasteiger partial charge in [-0.3, -0.25) is 0 Å². The zero-order valence-electron chi connectivity index (χ0n) is 12.5. The molecule has 2 aromatic heterocycles. The Kier molecular flexibility index (Phi) is 7.92. The Morgan fingerprint density at radius 3 is 2.35 bits per heavy atom. The normalized spacial score (nSPS) is 9.96. The van der Waals surface area contributed by atoms with Crippen LogP contribution in [0.25, 0.3) is 0 Å². The van der Waals surface area contributed by atoms with Crippen LogP contribution in [-0.4, -0.2) is 35.9 Å². The molecule has 0 saturated heterocycles. The molecule has 2 rings (SSSR count). The van der Waals surface area contributed by atoms with Gasteiger partial charge in [0.2, 0.25) is 0 Å². The number of aromatic nitrogens is 4. The first-order valence-electron chi connectivity index (χ1n) is 7.05. The predicted molar refractivity (Wildman–Crippen MR) is 81.6 cm³/mol. The number of nitrogens with two attached hydrogens (primary N) is 1. The van der Waals surface area contributed by atoms with Crippen LogP contribution < -0.4 is 5.73 Å². The number of aromatic amines is 1. The van der Waals surface area contributed by atoms with Crippen molar-refractivity contribution in [1.82, 2.24) is 19.5 Å². The van der Waals surface area contributed by atoms with Gasteiger partial charge in [-0.05, 0) is 29.2 Å². The average molecular weight is 325 g/mol. The van der Waals surface area contributed by atoms with Crippen LogP contribution in [0.5, 0.6) is 0 Å². The Labute approximate surface area is 131 Å². The van der Waals surface area contributed by atoms with Crippen LogP contribution >= 0.6 is 0 Å². The number of nitro groups is 2. The fourth-order valence-electron chi connectivity index (χ4n) is 1.78. The van der Waals surface area contributed by atoms with Crippen molar-refractivity contribution >= 4 is 11.9 Å². The van der Waals surface area contributed by atoms with Gasteiger partial charge in [0.05, 0.1) is 12.7 Å². The topological polar surface area (TPSA) is 159 Å². The minimum atomic E-state index is -0.583. The number of hydrogen-bond donors (Lipinski definition) is 2. The lowest BCUT2D eigenvalue weighted by Crippen LogP contribution is -2.03. The number of nitrogens with zero attached hydrogens (tertiary/aromatic N) is 5. The third kappa shape index (κ3) is 6.65. The van der Waals surface area contributed by atoms with E-state index in [1.807, 2.05) is 0 Å². The SMILES string of the molecule is NCCCCCCn1ccnc1[N+](=O)[O-].O=[N+]([O-])c1ncc[nH]1. The van der Waals surface area contributed by atoms with Gasteiger partial charge < -0.3 is 26.0 Å². The zero-order chi connectivity index (χ0) is 17.1. The number of nitrogens with one attached hydrogen (secondary N) is 1. The van der Waals surface area contributed by atoms with Crippen molar-refractivity contribution in [1.29, 1.82) is 0 Å². The van der Waals surface area contributed by atoms with Gasteiger partial charge in [-0.15, -0.1) is 0 Å². The molecule has 0 aliphatic rings. The molecule has 2 aromatic rings. The number of aryl methyl sites for hydroxylation is 1. The lowest BCUT2D eigenvalue weighted by Gasteiger charge is -2.01. The Morgan fingerprint density at radius 2 is 1.83 bits per heavy atom. The number of H-pyrrole nitrogens is 1. The molecule has 11 nitrogen and oxygen atoms in total.